The average Bonchev–Trinajstić information content (AvgIpc) is 3.25. The van der Waals surface area contributed by atoms with Crippen LogP contribution in [0.5, 0.6) is 0 Å². The number of pyridine rings is 3. The van der Waals surface area contributed by atoms with Crippen LogP contribution in [0.2, 0.25) is 0 Å². The molecule has 0 unspecified atom stereocenters. The smallest absolute Gasteiger partial charge is 0.327 e. The fraction of sp³-hybridized carbons (Fsp3) is 0.182. The number of nitrogens with zero attached hydrogens (tertiary/aromatic N) is 6. The molecule has 10 heteroatoms. The van der Waals surface area contributed by atoms with Gasteiger partial charge in [0, 0.05) is 26.5 Å². The van der Waals surface area contributed by atoms with Crippen molar-refractivity contribution in [2.45, 2.75) is 13.8 Å². The highest BCUT2D eigenvalue weighted by Crippen LogP contribution is 2.26. The quantitative estimate of drug-likeness (QED) is 0.471. The molecule has 4 aromatic rings. The van der Waals surface area contributed by atoms with Crippen LogP contribution in [-0.4, -0.2) is 50.0 Å². The zero-order valence-electron chi connectivity index (χ0n) is 18.1. The summed E-state index contributed by atoms with van der Waals surface area (Å²) >= 11 is 0. The van der Waals surface area contributed by atoms with E-state index in [1.807, 2.05) is 38.1 Å². The van der Waals surface area contributed by atoms with Crippen LogP contribution in [0.1, 0.15) is 21.5 Å². The topological polar surface area (TPSA) is 122 Å². The Morgan fingerprint density at radius 1 is 0.875 bits per heavy atom. The Hall–Kier alpha value is -4.34. The predicted octanol–water partition coefficient (Wildman–Crippen LogP) is 3.73. The Morgan fingerprint density at radius 3 is 2.16 bits per heavy atom. The third-order valence-corrected chi connectivity index (χ3v) is 4.67. The first kappa shape index (κ1) is 20.9. The van der Waals surface area contributed by atoms with Gasteiger partial charge in [0.05, 0.1) is 5.56 Å². The molecule has 0 aliphatic carbocycles. The third kappa shape index (κ3) is 4.38. The second-order valence-corrected chi connectivity index (χ2v) is 7.30. The second kappa shape index (κ2) is 8.80. The Balaban J connectivity index is 1.68. The van der Waals surface area contributed by atoms with Crippen LogP contribution < -0.4 is 10.6 Å². The molecule has 0 bridgehead atoms. The van der Waals surface area contributed by atoms with Crippen molar-refractivity contribution >= 4 is 29.4 Å². The molecule has 0 fully saturated rings. The van der Waals surface area contributed by atoms with E-state index in [9.17, 15) is 4.79 Å². The number of amides is 1. The van der Waals surface area contributed by atoms with Crippen LogP contribution in [0.3, 0.4) is 0 Å². The van der Waals surface area contributed by atoms with Gasteiger partial charge in [0.2, 0.25) is 5.82 Å². The van der Waals surface area contributed by atoms with E-state index in [0.29, 0.717) is 28.7 Å². The number of carbonyl (C=O) groups is 1. The van der Waals surface area contributed by atoms with E-state index in [1.54, 1.807) is 38.6 Å². The zero-order valence-corrected chi connectivity index (χ0v) is 18.1. The number of hydrogen-bond acceptors (Lipinski definition) is 9. The van der Waals surface area contributed by atoms with E-state index in [-0.39, 0.29) is 17.7 Å². The molecule has 0 saturated carbocycles. The van der Waals surface area contributed by atoms with Crippen LogP contribution in [0, 0.1) is 13.8 Å². The molecule has 0 atom stereocenters. The maximum atomic E-state index is 12.7. The van der Waals surface area contributed by atoms with Crippen molar-refractivity contribution in [2.24, 2.45) is 0 Å². The summed E-state index contributed by atoms with van der Waals surface area (Å²) in [5.74, 6) is 1.65. The lowest BCUT2D eigenvalue weighted by molar-refractivity contribution is 0.0828. The summed E-state index contributed by atoms with van der Waals surface area (Å²) in [6.45, 7) is 3.84. The Bertz CT molecular complexity index is 1270. The molecule has 4 rings (SSSR count). The average molecular weight is 430 g/mol. The van der Waals surface area contributed by atoms with Crippen LogP contribution in [-0.2, 0) is 0 Å². The Morgan fingerprint density at radius 2 is 1.53 bits per heavy atom. The van der Waals surface area contributed by atoms with Gasteiger partial charge < -0.3 is 14.7 Å². The van der Waals surface area contributed by atoms with Gasteiger partial charge in [-0.2, -0.15) is 4.98 Å². The summed E-state index contributed by atoms with van der Waals surface area (Å²) in [5.41, 5.74) is 2.69. The minimum Gasteiger partial charge on any atom is -0.345 e. The van der Waals surface area contributed by atoms with Crippen LogP contribution >= 0.6 is 0 Å². The number of carbonyl (C=O) groups excluding carboxylic acids is 1. The molecule has 4 heterocycles. The first-order valence-electron chi connectivity index (χ1n) is 9.86. The van der Waals surface area contributed by atoms with E-state index in [0.717, 1.165) is 11.1 Å². The summed E-state index contributed by atoms with van der Waals surface area (Å²) in [5, 5.41) is 10.2. The van der Waals surface area contributed by atoms with Gasteiger partial charge in [0.1, 0.15) is 23.1 Å². The number of nitrogens with one attached hydrogen (secondary N) is 2. The van der Waals surface area contributed by atoms with Gasteiger partial charge in [-0.25, -0.2) is 15.0 Å². The minimum atomic E-state index is -0.193. The van der Waals surface area contributed by atoms with Crippen LogP contribution in [0.25, 0.3) is 11.5 Å². The summed E-state index contributed by atoms with van der Waals surface area (Å²) in [7, 11) is 3.37. The van der Waals surface area contributed by atoms with Crippen molar-refractivity contribution in [1.29, 1.82) is 0 Å². The second-order valence-electron chi connectivity index (χ2n) is 7.30. The zero-order chi connectivity index (χ0) is 22.7. The summed E-state index contributed by atoms with van der Waals surface area (Å²) in [6.07, 6.45) is 3.34. The minimum absolute atomic E-state index is 0.187. The molecule has 0 aromatic carbocycles. The fourth-order valence-electron chi connectivity index (χ4n) is 2.92. The van der Waals surface area contributed by atoms with Crippen molar-refractivity contribution in [1.82, 2.24) is 30.0 Å². The first-order valence-corrected chi connectivity index (χ1v) is 9.86. The highest BCUT2D eigenvalue weighted by atomic mass is 16.5. The molecular weight excluding hydrogens is 408 g/mol. The lowest BCUT2D eigenvalue weighted by Crippen LogP contribution is -2.23. The van der Waals surface area contributed by atoms with Crippen molar-refractivity contribution in [2.75, 3.05) is 24.7 Å². The highest BCUT2D eigenvalue weighted by Gasteiger charge is 2.19. The summed E-state index contributed by atoms with van der Waals surface area (Å²) in [6, 6.07) is 11.1. The number of rotatable bonds is 6. The normalized spacial score (nSPS) is 10.6. The number of aryl methyl sites for hydroxylation is 2. The van der Waals surface area contributed by atoms with Gasteiger partial charge in [-0.3, -0.25) is 10.1 Å². The van der Waals surface area contributed by atoms with E-state index in [1.165, 1.54) is 4.90 Å². The van der Waals surface area contributed by atoms with Crippen molar-refractivity contribution < 1.29 is 9.32 Å². The Labute approximate surface area is 184 Å². The monoisotopic (exact) mass is 430 g/mol. The summed E-state index contributed by atoms with van der Waals surface area (Å²) < 4.78 is 5.31. The van der Waals surface area contributed by atoms with Crippen molar-refractivity contribution in [3.8, 4) is 11.5 Å². The summed E-state index contributed by atoms with van der Waals surface area (Å²) in [4.78, 5) is 31.7. The fourth-order valence-corrected chi connectivity index (χ4v) is 2.92. The molecule has 0 radical (unpaired) electrons. The maximum absolute atomic E-state index is 12.7. The van der Waals surface area contributed by atoms with Gasteiger partial charge in [-0.1, -0.05) is 17.3 Å². The molecule has 0 spiro atoms. The standard InChI is InChI=1S/C22H22N8O2/c1-13-7-5-11-23-17(13)26-19-15(21(31)30(3)4)9-10-16(25-19)20-28-22(32-29-20)27-18-14(2)8-6-12-24-18/h5-12H,1-4H3,(H,23,25,26)(H,24,27,28,29). The van der Waals surface area contributed by atoms with Gasteiger partial charge in [0.15, 0.2) is 0 Å². The molecule has 4 aromatic heterocycles. The lowest BCUT2D eigenvalue weighted by Gasteiger charge is -2.15. The van der Waals surface area contributed by atoms with Gasteiger partial charge in [-0.05, 0) is 49.2 Å². The number of hydrogen-bond donors (Lipinski definition) is 2. The molecule has 2 N–H and O–H groups in total. The SMILES string of the molecule is Cc1cccnc1Nc1nc(-c2ccc(C(=O)N(C)C)c(Nc3ncccc3C)n2)no1. The van der Waals surface area contributed by atoms with Gasteiger partial charge in [-0.15, -0.1) is 0 Å². The molecule has 162 valence electrons. The van der Waals surface area contributed by atoms with Gasteiger partial charge in [0.25, 0.3) is 5.91 Å². The largest absolute Gasteiger partial charge is 0.345 e. The van der Waals surface area contributed by atoms with E-state index < -0.39 is 0 Å². The molecule has 0 aliphatic heterocycles. The molecule has 0 saturated heterocycles. The van der Waals surface area contributed by atoms with Crippen molar-refractivity contribution in [3.05, 3.63) is 65.5 Å². The maximum Gasteiger partial charge on any atom is 0.327 e. The number of aromatic nitrogens is 5. The Kier molecular flexibility index (Phi) is 5.75. The van der Waals surface area contributed by atoms with E-state index >= 15 is 0 Å². The van der Waals surface area contributed by atoms with Crippen molar-refractivity contribution in [3.63, 3.8) is 0 Å². The van der Waals surface area contributed by atoms with Crippen LogP contribution in [0.15, 0.2) is 53.3 Å². The number of anilines is 4. The molecular formula is C22H22N8O2. The van der Waals surface area contributed by atoms with E-state index in [4.69, 9.17) is 4.52 Å². The highest BCUT2D eigenvalue weighted by molar-refractivity contribution is 5.99. The van der Waals surface area contributed by atoms with Gasteiger partial charge >= 0.3 is 6.01 Å². The first-order chi connectivity index (χ1) is 15.4. The third-order valence-electron chi connectivity index (χ3n) is 4.67. The predicted molar refractivity (Wildman–Crippen MR) is 120 cm³/mol. The molecule has 32 heavy (non-hydrogen) atoms. The molecule has 10 nitrogen and oxygen atoms in total. The molecule has 1 amide bonds. The van der Waals surface area contributed by atoms with E-state index in [2.05, 4.69) is 35.7 Å². The lowest BCUT2D eigenvalue weighted by atomic mass is 10.2. The molecule has 0 aliphatic rings. The van der Waals surface area contributed by atoms with Crippen LogP contribution in [0.4, 0.5) is 23.5 Å².